The molecule has 0 N–H and O–H groups in total. The van der Waals surface area contributed by atoms with Crippen LogP contribution in [0.25, 0.3) is 0 Å². The van der Waals surface area contributed by atoms with Gasteiger partial charge in [0.1, 0.15) is 12.4 Å². The van der Waals surface area contributed by atoms with Crippen LogP contribution < -0.4 is 14.5 Å². The van der Waals surface area contributed by atoms with Gasteiger partial charge in [0.2, 0.25) is 11.8 Å². The number of oxime groups is 1. The predicted molar refractivity (Wildman–Crippen MR) is 123 cm³/mol. The molecule has 0 bridgehead atoms. The SMILES string of the molecule is CCc1cnc(N2CCC(Oc3ncnc(ON=C(C)c4ccccc4)c3C)CC2)nc1. The second-order valence-electron chi connectivity index (χ2n) is 7.79. The fourth-order valence-electron chi connectivity index (χ4n) is 3.50. The van der Waals surface area contributed by atoms with E-state index in [1.54, 1.807) is 0 Å². The zero-order valence-electron chi connectivity index (χ0n) is 18.7. The molecule has 0 amide bonds. The van der Waals surface area contributed by atoms with Crippen LogP contribution in [0.2, 0.25) is 0 Å². The fourth-order valence-corrected chi connectivity index (χ4v) is 3.50. The first-order valence-corrected chi connectivity index (χ1v) is 10.9. The third-order valence-electron chi connectivity index (χ3n) is 5.56. The number of anilines is 1. The Morgan fingerprint density at radius 1 is 1.03 bits per heavy atom. The van der Waals surface area contributed by atoms with Gasteiger partial charge >= 0.3 is 0 Å². The molecule has 0 aliphatic carbocycles. The van der Waals surface area contributed by atoms with Crippen LogP contribution in [0.3, 0.4) is 0 Å². The Labute approximate surface area is 188 Å². The third kappa shape index (κ3) is 5.19. The molecule has 0 saturated carbocycles. The van der Waals surface area contributed by atoms with Crippen LogP contribution in [0.4, 0.5) is 5.95 Å². The van der Waals surface area contributed by atoms with E-state index in [0.717, 1.165) is 60.7 Å². The van der Waals surface area contributed by atoms with Gasteiger partial charge in [-0.25, -0.2) is 15.0 Å². The highest BCUT2D eigenvalue weighted by molar-refractivity contribution is 5.98. The molecule has 1 aliphatic heterocycles. The van der Waals surface area contributed by atoms with E-state index in [-0.39, 0.29) is 6.10 Å². The molecule has 1 aromatic carbocycles. The molecule has 0 atom stereocenters. The van der Waals surface area contributed by atoms with Crippen LogP contribution in [0.5, 0.6) is 11.8 Å². The van der Waals surface area contributed by atoms with Gasteiger partial charge in [0, 0.05) is 38.3 Å². The van der Waals surface area contributed by atoms with Gasteiger partial charge in [-0.05, 0) is 31.4 Å². The Balaban J connectivity index is 1.36. The zero-order valence-corrected chi connectivity index (χ0v) is 18.7. The lowest BCUT2D eigenvalue weighted by atomic mass is 10.1. The van der Waals surface area contributed by atoms with Gasteiger partial charge in [-0.1, -0.05) is 42.4 Å². The Morgan fingerprint density at radius 2 is 1.72 bits per heavy atom. The summed E-state index contributed by atoms with van der Waals surface area (Å²) >= 11 is 0. The maximum atomic E-state index is 6.19. The highest BCUT2D eigenvalue weighted by atomic mass is 16.6. The molecule has 166 valence electrons. The number of aromatic nitrogens is 4. The summed E-state index contributed by atoms with van der Waals surface area (Å²) in [7, 11) is 0. The van der Waals surface area contributed by atoms with Crippen LogP contribution in [0.15, 0.2) is 54.2 Å². The van der Waals surface area contributed by atoms with E-state index in [1.807, 2.05) is 56.6 Å². The summed E-state index contributed by atoms with van der Waals surface area (Å²) in [5.74, 6) is 1.71. The van der Waals surface area contributed by atoms with Crippen LogP contribution >= 0.6 is 0 Å². The number of rotatable bonds is 7. The maximum Gasteiger partial charge on any atom is 0.258 e. The molecule has 32 heavy (non-hydrogen) atoms. The highest BCUT2D eigenvalue weighted by Crippen LogP contribution is 2.26. The van der Waals surface area contributed by atoms with E-state index in [4.69, 9.17) is 9.57 Å². The van der Waals surface area contributed by atoms with Crippen LogP contribution in [-0.4, -0.2) is 44.8 Å². The first kappa shape index (κ1) is 21.7. The standard InChI is InChI=1S/C24H28N6O2/c1-4-19-14-25-24(26-15-19)30-12-10-21(11-13-30)31-22-17(2)23(28-16-27-22)32-29-18(3)20-8-6-5-7-9-20/h5-9,14-16,21H,4,10-13H2,1-3H3. The van der Waals surface area contributed by atoms with Gasteiger partial charge < -0.3 is 14.5 Å². The van der Waals surface area contributed by atoms with Crippen LogP contribution in [-0.2, 0) is 6.42 Å². The van der Waals surface area contributed by atoms with Crippen molar-refractivity contribution in [2.45, 2.75) is 46.1 Å². The summed E-state index contributed by atoms with van der Waals surface area (Å²) in [5.41, 5.74) is 3.65. The van der Waals surface area contributed by atoms with E-state index in [9.17, 15) is 0 Å². The van der Waals surface area contributed by atoms with Crippen molar-refractivity contribution in [2.24, 2.45) is 5.16 Å². The number of nitrogens with zero attached hydrogens (tertiary/aromatic N) is 6. The second kappa shape index (κ2) is 10.2. The number of ether oxygens (including phenoxy) is 1. The van der Waals surface area contributed by atoms with Crippen molar-refractivity contribution in [3.63, 3.8) is 0 Å². The van der Waals surface area contributed by atoms with Crippen molar-refractivity contribution < 1.29 is 9.57 Å². The Hall–Kier alpha value is -3.55. The molecule has 2 aromatic heterocycles. The Kier molecular flexibility index (Phi) is 6.89. The molecule has 0 radical (unpaired) electrons. The number of aryl methyl sites for hydroxylation is 1. The molecule has 4 rings (SSSR count). The molecular formula is C24H28N6O2. The van der Waals surface area contributed by atoms with Gasteiger partial charge in [0.15, 0.2) is 0 Å². The molecule has 0 unspecified atom stereocenters. The second-order valence-corrected chi connectivity index (χ2v) is 7.79. The fraction of sp³-hybridized carbons (Fsp3) is 0.375. The lowest BCUT2D eigenvalue weighted by Crippen LogP contribution is -2.39. The summed E-state index contributed by atoms with van der Waals surface area (Å²) in [6, 6.07) is 9.87. The van der Waals surface area contributed by atoms with Crippen molar-refractivity contribution in [3.8, 4) is 11.8 Å². The average Bonchev–Trinajstić information content (AvgIpc) is 2.85. The van der Waals surface area contributed by atoms with Crippen LogP contribution in [0, 0.1) is 6.92 Å². The number of hydrogen-bond donors (Lipinski definition) is 0. The molecule has 1 fully saturated rings. The van der Waals surface area contributed by atoms with Crippen molar-refractivity contribution in [2.75, 3.05) is 18.0 Å². The minimum absolute atomic E-state index is 0.0668. The number of hydrogen-bond acceptors (Lipinski definition) is 8. The monoisotopic (exact) mass is 432 g/mol. The molecular weight excluding hydrogens is 404 g/mol. The molecule has 3 aromatic rings. The summed E-state index contributed by atoms with van der Waals surface area (Å²) < 4.78 is 6.19. The van der Waals surface area contributed by atoms with E-state index in [2.05, 4.69) is 36.9 Å². The molecule has 1 aliphatic rings. The first-order valence-electron chi connectivity index (χ1n) is 10.9. The summed E-state index contributed by atoms with van der Waals surface area (Å²) in [4.78, 5) is 25.3. The summed E-state index contributed by atoms with van der Waals surface area (Å²) in [6.07, 6.45) is 7.99. The van der Waals surface area contributed by atoms with Gasteiger partial charge in [-0.15, -0.1) is 0 Å². The van der Waals surface area contributed by atoms with E-state index in [1.165, 1.54) is 6.33 Å². The number of benzene rings is 1. The zero-order chi connectivity index (χ0) is 22.3. The molecule has 0 spiro atoms. The smallest absolute Gasteiger partial charge is 0.258 e. The quantitative estimate of drug-likeness (QED) is 0.412. The lowest BCUT2D eigenvalue weighted by Gasteiger charge is -2.32. The predicted octanol–water partition coefficient (Wildman–Crippen LogP) is 3.99. The van der Waals surface area contributed by atoms with E-state index >= 15 is 0 Å². The van der Waals surface area contributed by atoms with Crippen molar-refractivity contribution in [3.05, 3.63) is 65.7 Å². The van der Waals surface area contributed by atoms with Gasteiger partial charge in [0.25, 0.3) is 5.88 Å². The number of piperidine rings is 1. The Morgan fingerprint density at radius 3 is 2.41 bits per heavy atom. The largest absolute Gasteiger partial charge is 0.474 e. The van der Waals surface area contributed by atoms with E-state index in [0.29, 0.717) is 11.8 Å². The molecule has 3 heterocycles. The van der Waals surface area contributed by atoms with E-state index < -0.39 is 0 Å². The van der Waals surface area contributed by atoms with Gasteiger partial charge in [-0.3, -0.25) is 0 Å². The van der Waals surface area contributed by atoms with Crippen LogP contribution in [0.1, 0.15) is 43.4 Å². The molecule has 8 heteroatoms. The molecule has 1 saturated heterocycles. The summed E-state index contributed by atoms with van der Waals surface area (Å²) in [6.45, 7) is 7.56. The highest BCUT2D eigenvalue weighted by Gasteiger charge is 2.24. The van der Waals surface area contributed by atoms with Crippen molar-refractivity contribution >= 4 is 11.7 Å². The lowest BCUT2D eigenvalue weighted by molar-refractivity contribution is 0.160. The Bertz CT molecular complexity index is 1050. The van der Waals surface area contributed by atoms with Crippen molar-refractivity contribution in [1.82, 2.24) is 19.9 Å². The maximum absolute atomic E-state index is 6.19. The van der Waals surface area contributed by atoms with Gasteiger partial charge in [-0.2, -0.15) is 4.98 Å². The minimum atomic E-state index is 0.0668. The normalized spacial score (nSPS) is 15.0. The minimum Gasteiger partial charge on any atom is -0.474 e. The van der Waals surface area contributed by atoms with Gasteiger partial charge in [0.05, 0.1) is 11.3 Å². The molecule has 8 nitrogen and oxygen atoms in total. The summed E-state index contributed by atoms with van der Waals surface area (Å²) in [5, 5.41) is 4.22. The van der Waals surface area contributed by atoms with Crippen molar-refractivity contribution in [1.29, 1.82) is 0 Å². The first-order chi connectivity index (χ1) is 15.6. The average molecular weight is 433 g/mol. The topological polar surface area (TPSA) is 85.6 Å². The third-order valence-corrected chi connectivity index (χ3v) is 5.56.